The number of aromatic nitrogens is 1. The van der Waals surface area contributed by atoms with E-state index in [2.05, 4.69) is 0 Å². The predicted octanol–water partition coefficient (Wildman–Crippen LogP) is 7.25. The molecule has 0 saturated carbocycles. The molecule has 0 spiro atoms. The van der Waals surface area contributed by atoms with Gasteiger partial charge in [0, 0.05) is 10.9 Å². The van der Waals surface area contributed by atoms with E-state index >= 15 is 0 Å². The van der Waals surface area contributed by atoms with Crippen LogP contribution in [0.3, 0.4) is 0 Å². The summed E-state index contributed by atoms with van der Waals surface area (Å²) in [7, 11) is 0. The number of benzene rings is 4. The van der Waals surface area contributed by atoms with E-state index in [1.807, 2.05) is 122 Å². The standard InChI is InChI=1S/C31H25NO3/c1-2-34-25-19-17-22(18-20-25)29-21-27(26-15-9-10-16-28(26)32-29)31(33)35-30(23-11-5-3-6-12-23)24-13-7-4-8-14-24/h3-21,30H,2H2,1H3. The van der Waals surface area contributed by atoms with Crippen LogP contribution >= 0.6 is 0 Å². The first-order valence-electron chi connectivity index (χ1n) is 11.7. The molecule has 0 N–H and O–H groups in total. The Hall–Kier alpha value is -4.44. The van der Waals surface area contributed by atoms with Crippen LogP contribution in [0.5, 0.6) is 5.75 Å². The summed E-state index contributed by atoms with van der Waals surface area (Å²) in [6.45, 7) is 2.56. The molecule has 5 aromatic rings. The topological polar surface area (TPSA) is 48.4 Å². The van der Waals surface area contributed by atoms with Crippen LogP contribution in [0.2, 0.25) is 0 Å². The molecule has 5 rings (SSSR count). The van der Waals surface area contributed by atoms with Crippen molar-refractivity contribution in [2.24, 2.45) is 0 Å². The van der Waals surface area contributed by atoms with Crippen molar-refractivity contribution in [3.63, 3.8) is 0 Å². The maximum Gasteiger partial charge on any atom is 0.339 e. The van der Waals surface area contributed by atoms with Crippen molar-refractivity contribution in [2.45, 2.75) is 13.0 Å². The van der Waals surface area contributed by atoms with Crippen molar-refractivity contribution < 1.29 is 14.3 Å². The Morgan fingerprint density at radius 1 is 0.771 bits per heavy atom. The Bertz CT molecular complexity index is 1390. The molecule has 0 amide bonds. The van der Waals surface area contributed by atoms with E-state index in [0.717, 1.165) is 33.3 Å². The fraction of sp³-hybridized carbons (Fsp3) is 0.0968. The van der Waals surface area contributed by atoms with Gasteiger partial charge < -0.3 is 9.47 Å². The lowest BCUT2D eigenvalue weighted by atomic mass is 10.0. The van der Waals surface area contributed by atoms with Gasteiger partial charge in [-0.3, -0.25) is 0 Å². The van der Waals surface area contributed by atoms with Gasteiger partial charge in [-0.05, 0) is 54.4 Å². The smallest absolute Gasteiger partial charge is 0.339 e. The van der Waals surface area contributed by atoms with Crippen molar-refractivity contribution in [3.05, 3.63) is 132 Å². The van der Waals surface area contributed by atoms with Gasteiger partial charge in [0.25, 0.3) is 0 Å². The maximum absolute atomic E-state index is 13.7. The van der Waals surface area contributed by atoms with Crippen LogP contribution in [0.1, 0.15) is 34.5 Å². The Balaban J connectivity index is 1.55. The summed E-state index contributed by atoms with van der Waals surface area (Å²) < 4.78 is 11.7. The average molecular weight is 460 g/mol. The maximum atomic E-state index is 13.7. The van der Waals surface area contributed by atoms with Crippen molar-refractivity contribution >= 4 is 16.9 Å². The molecular formula is C31H25NO3. The number of rotatable bonds is 7. The molecule has 0 bridgehead atoms. The molecule has 4 aromatic carbocycles. The van der Waals surface area contributed by atoms with E-state index in [1.165, 1.54) is 0 Å². The van der Waals surface area contributed by atoms with Gasteiger partial charge in [-0.25, -0.2) is 9.78 Å². The van der Waals surface area contributed by atoms with E-state index in [-0.39, 0.29) is 0 Å². The Morgan fingerprint density at radius 2 is 1.37 bits per heavy atom. The molecule has 0 aliphatic carbocycles. The average Bonchev–Trinajstić information content (AvgIpc) is 2.92. The third kappa shape index (κ3) is 4.92. The highest BCUT2D eigenvalue weighted by molar-refractivity contribution is 6.04. The molecular weight excluding hydrogens is 434 g/mol. The molecule has 0 fully saturated rings. The van der Waals surface area contributed by atoms with E-state index in [9.17, 15) is 4.79 Å². The van der Waals surface area contributed by atoms with Crippen LogP contribution in [-0.4, -0.2) is 17.6 Å². The van der Waals surface area contributed by atoms with Crippen LogP contribution in [0, 0.1) is 0 Å². The van der Waals surface area contributed by atoms with Crippen LogP contribution in [0.15, 0.2) is 115 Å². The number of para-hydroxylation sites is 1. The first kappa shape index (κ1) is 22.4. The summed E-state index contributed by atoms with van der Waals surface area (Å²) in [5, 5.41) is 0.757. The summed E-state index contributed by atoms with van der Waals surface area (Å²) in [5.74, 6) is 0.402. The largest absolute Gasteiger partial charge is 0.494 e. The number of hydrogen-bond acceptors (Lipinski definition) is 4. The van der Waals surface area contributed by atoms with E-state index < -0.39 is 12.1 Å². The van der Waals surface area contributed by atoms with Gasteiger partial charge in [0.05, 0.1) is 23.4 Å². The fourth-order valence-electron chi connectivity index (χ4n) is 4.14. The lowest BCUT2D eigenvalue weighted by molar-refractivity contribution is 0.0380. The number of carbonyl (C=O) groups is 1. The SMILES string of the molecule is CCOc1ccc(-c2cc(C(=O)OC(c3ccccc3)c3ccccc3)c3ccccc3n2)cc1. The normalized spacial score (nSPS) is 10.9. The quantitative estimate of drug-likeness (QED) is 0.241. The number of fused-ring (bicyclic) bond motifs is 1. The highest BCUT2D eigenvalue weighted by atomic mass is 16.5. The van der Waals surface area contributed by atoms with Crippen molar-refractivity contribution in [1.82, 2.24) is 4.98 Å². The Morgan fingerprint density at radius 3 is 2.00 bits per heavy atom. The van der Waals surface area contributed by atoms with Gasteiger partial charge in [-0.15, -0.1) is 0 Å². The minimum Gasteiger partial charge on any atom is -0.494 e. The minimum absolute atomic E-state index is 0.395. The highest BCUT2D eigenvalue weighted by Crippen LogP contribution is 2.31. The van der Waals surface area contributed by atoms with E-state index in [4.69, 9.17) is 14.5 Å². The molecule has 4 nitrogen and oxygen atoms in total. The molecule has 1 aromatic heterocycles. The molecule has 4 heteroatoms. The van der Waals surface area contributed by atoms with E-state index in [0.29, 0.717) is 17.9 Å². The molecule has 0 atom stereocenters. The van der Waals surface area contributed by atoms with Gasteiger partial charge in [0.2, 0.25) is 0 Å². The van der Waals surface area contributed by atoms with E-state index in [1.54, 1.807) is 0 Å². The first-order chi connectivity index (χ1) is 17.2. The van der Waals surface area contributed by atoms with Gasteiger partial charge >= 0.3 is 5.97 Å². The molecule has 0 radical (unpaired) electrons. The summed E-state index contributed by atoms with van der Waals surface area (Å²) in [6.07, 6.45) is -0.522. The zero-order valence-corrected chi connectivity index (χ0v) is 19.4. The molecule has 0 aliphatic heterocycles. The molecule has 1 heterocycles. The number of nitrogens with zero attached hydrogens (tertiary/aromatic N) is 1. The predicted molar refractivity (Wildman–Crippen MR) is 138 cm³/mol. The van der Waals surface area contributed by atoms with Crippen molar-refractivity contribution in [2.75, 3.05) is 6.61 Å². The van der Waals surface area contributed by atoms with Gasteiger partial charge in [0.15, 0.2) is 6.10 Å². The minimum atomic E-state index is -0.522. The van der Waals surface area contributed by atoms with Crippen LogP contribution in [0.25, 0.3) is 22.2 Å². The molecule has 35 heavy (non-hydrogen) atoms. The van der Waals surface area contributed by atoms with Crippen molar-refractivity contribution in [3.8, 4) is 17.0 Å². The number of carbonyl (C=O) groups excluding carboxylic acids is 1. The van der Waals surface area contributed by atoms with Crippen LogP contribution in [0.4, 0.5) is 0 Å². The fourth-order valence-corrected chi connectivity index (χ4v) is 4.14. The summed E-state index contributed by atoms with van der Waals surface area (Å²) in [5.41, 5.74) is 4.65. The van der Waals surface area contributed by atoms with Crippen LogP contribution in [-0.2, 0) is 4.74 Å². The highest BCUT2D eigenvalue weighted by Gasteiger charge is 2.22. The lowest BCUT2D eigenvalue weighted by Crippen LogP contribution is -2.14. The second-order valence-corrected chi connectivity index (χ2v) is 8.14. The molecule has 0 unspecified atom stereocenters. The Labute approximate surface area is 204 Å². The zero-order chi connectivity index (χ0) is 24.0. The third-order valence-electron chi connectivity index (χ3n) is 5.83. The lowest BCUT2D eigenvalue weighted by Gasteiger charge is -2.20. The summed E-state index contributed by atoms with van der Waals surface area (Å²) in [6, 6.07) is 36.8. The monoisotopic (exact) mass is 459 g/mol. The van der Waals surface area contributed by atoms with Gasteiger partial charge in [-0.1, -0.05) is 78.9 Å². The van der Waals surface area contributed by atoms with Gasteiger partial charge in [0.1, 0.15) is 5.75 Å². The first-order valence-corrected chi connectivity index (χ1v) is 11.7. The summed E-state index contributed by atoms with van der Waals surface area (Å²) in [4.78, 5) is 18.5. The molecule has 0 aliphatic rings. The second kappa shape index (κ2) is 10.2. The van der Waals surface area contributed by atoms with Crippen molar-refractivity contribution in [1.29, 1.82) is 0 Å². The van der Waals surface area contributed by atoms with Gasteiger partial charge in [-0.2, -0.15) is 0 Å². The number of ether oxygens (including phenoxy) is 2. The summed E-state index contributed by atoms with van der Waals surface area (Å²) >= 11 is 0. The third-order valence-corrected chi connectivity index (χ3v) is 5.83. The Kier molecular flexibility index (Phi) is 6.53. The number of esters is 1. The number of pyridine rings is 1. The second-order valence-electron chi connectivity index (χ2n) is 8.14. The molecule has 172 valence electrons. The zero-order valence-electron chi connectivity index (χ0n) is 19.4. The van der Waals surface area contributed by atoms with Crippen LogP contribution < -0.4 is 4.74 Å². The number of hydrogen-bond donors (Lipinski definition) is 0. The molecule has 0 saturated heterocycles.